The molecule has 0 radical (unpaired) electrons. The van der Waals surface area contributed by atoms with Crippen LogP contribution in [0, 0.1) is 54.4 Å². The molecule has 0 spiro atoms. The summed E-state index contributed by atoms with van der Waals surface area (Å²) < 4.78 is 44.7. The van der Waals surface area contributed by atoms with E-state index >= 15 is 0 Å². The Morgan fingerprint density at radius 2 is 1.29 bits per heavy atom. The summed E-state index contributed by atoms with van der Waals surface area (Å²) in [6, 6.07) is 8.76. The van der Waals surface area contributed by atoms with E-state index in [1.54, 1.807) is 6.92 Å². The van der Waals surface area contributed by atoms with E-state index in [0.717, 1.165) is 13.1 Å². The Morgan fingerprint density at radius 1 is 0.889 bits per heavy atom. The molecule has 5 nitrogen and oxygen atoms in total. The number of nitrogens with zero attached hydrogens (tertiary/aromatic N) is 2. The largest absolute Gasteiger partial charge is 0.495 e. The van der Waals surface area contributed by atoms with Crippen molar-refractivity contribution in [1.29, 1.82) is 0 Å². The summed E-state index contributed by atoms with van der Waals surface area (Å²) in [5.41, 5.74) is 10.1. The van der Waals surface area contributed by atoms with E-state index in [1.807, 2.05) is 25.2 Å². The second-order valence-corrected chi connectivity index (χ2v) is 11.6. The van der Waals surface area contributed by atoms with Gasteiger partial charge < -0.3 is 19.9 Å². The van der Waals surface area contributed by atoms with E-state index in [9.17, 15) is 18.0 Å². The number of hydrogen-bond acceptors (Lipinski definition) is 4. The van der Waals surface area contributed by atoms with Crippen LogP contribution in [-0.2, 0) is 29.0 Å². The number of halogens is 3. The first-order valence-electron chi connectivity index (χ1n) is 14.6. The molecule has 246 valence electrons. The van der Waals surface area contributed by atoms with Gasteiger partial charge in [-0.1, -0.05) is 41.5 Å². The number of amides is 1. The van der Waals surface area contributed by atoms with E-state index in [-0.39, 0.29) is 37.4 Å². The van der Waals surface area contributed by atoms with Crippen molar-refractivity contribution in [2.75, 3.05) is 22.9 Å². The second kappa shape index (κ2) is 16.7. The Morgan fingerprint density at radius 3 is 1.64 bits per heavy atom. The molecule has 0 bridgehead atoms. The number of terminal acetylenes is 1. The number of ether oxygens (including phenoxy) is 1. The monoisotopic (exact) mass is 711 g/mol. The van der Waals surface area contributed by atoms with Gasteiger partial charge in [0.05, 0.1) is 6.10 Å². The maximum atomic E-state index is 12.9. The van der Waals surface area contributed by atoms with Crippen LogP contribution < -0.4 is 15.1 Å². The molecule has 0 atom stereocenters. The molecule has 0 aliphatic carbocycles. The van der Waals surface area contributed by atoms with Gasteiger partial charge in [0.2, 0.25) is 0 Å². The van der Waals surface area contributed by atoms with Crippen LogP contribution >= 0.6 is 0 Å². The summed E-state index contributed by atoms with van der Waals surface area (Å²) in [4.78, 5) is 16.4. The van der Waals surface area contributed by atoms with E-state index in [0.29, 0.717) is 11.3 Å². The van der Waals surface area contributed by atoms with Crippen LogP contribution in [0.15, 0.2) is 59.5 Å². The minimum Gasteiger partial charge on any atom is -0.495 e. The van der Waals surface area contributed by atoms with Crippen LogP contribution in [0.2, 0.25) is 0 Å². The predicted molar refractivity (Wildman–Crippen MR) is 176 cm³/mol. The summed E-state index contributed by atoms with van der Waals surface area (Å²) in [5.74, 6) is -1.46. The third-order valence-electron chi connectivity index (χ3n) is 7.27. The topological polar surface area (TPSA) is 44.8 Å². The Labute approximate surface area is 280 Å². The number of carbonyl (C=O) groups excluding carboxylic acids is 1. The predicted octanol–water partition coefficient (Wildman–Crippen LogP) is 8.27. The number of carbonyl (C=O) groups is 1. The average Bonchev–Trinajstić information content (AvgIpc) is 3.28. The van der Waals surface area contributed by atoms with Crippen molar-refractivity contribution in [2.45, 2.75) is 87.7 Å². The summed E-state index contributed by atoms with van der Waals surface area (Å²) in [6.07, 6.45) is 8.19. The van der Waals surface area contributed by atoms with Crippen molar-refractivity contribution in [3.8, 4) is 12.8 Å². The van der Waals surface area contributed by atoms with Crippen LogP contribution in [-0.4, -0.2) is 37.4 Å². The van der Waals surface area contributed by atoms with Gasteiger partial charge in [0.25, 0.3) is 0 Å². The number of nitrogens with one attached hydrogen (secondary N) is 1. The van der Waals surface area contributed by atoms with Crippen LogP contribution in [0.3, 0.4) is 0 Å². The molecule has 1 saturated heterocycles. The normalized spacial score (nSPS) is 14.6. The zero-order valence-electron chi connectivity index (χ0n) is 28.0. The van der Waals surface area contributed by atoms with Gasteiger partial charge in [-0.25, -0.2) is 0 Å². The van der Waals surface area contributed by atoms with Gasteiger partial charge in [-0.05, 0) is 104 Å². The molecule has 0 unspecified atom stereocenters. The molecule has 0 saturated carbocycles. The van der Waals surface area contributed by atoms with Crippen molar-refractivity contribution < 1.29 is 42.2 Å². The summed E-state index contributed by atoms with van der Waals surface area (Å²) in [5, 5.41) is 1.95. The number of anilines is 2. The minimum atomic E-state index is -4.98. The number of benzene rings is 2. The SMILES string of the molecule is C#C.C\C(=C/C(/C=C/C1N(c2c(C)cc(C)cc2C)CCN1c1c(C)cc(C)cc1C)=C(\C)OC(C)C)NC(=O)C(F)(F)F.[Ru]. The van der Waals surface area contributed by atoms with Gasteiger partial charge in [-0.3, -0.25) is 4.79 Å². The summed E-state index contributed by atoms with van der Waals surface area (Å²) >= 11 is 0. The average molecular weight is 711 g/mol. The van der Waals surface area contributed by atoms with E-state index < -0.39 is 12.1 Å². The number of allylic oxidation sites excluding steroid dienone is 5. The van der Waals surface area contributed by atoms with Gasteiger partial charge >= 0.3 is 12.1 Å². The van der Waals surface area contributed by atoms with Crippen LogP contribution in [0.1, 0.15) is 61.1 Å². The first-order valence-corrected chi connectivity index (χ1v) is 14.6. The first kappa shape index (κ1) is 39.5. The maximum Gasteiger partial charge on any atom is 0.471 e. The second-order valence-electron chi connectivity index (χ2n) is 11.6. The van der Waals surface area contributed by atoms with Crippen molar-refractivity contribution in [3.63, 3.8) is 0 Å². The molecule has 1 fully saturated rings. The zero-order valence-corrected chi connectivity index (χ0v) is 29.7. The van der Waals surface area contributed by atoms with Gasteiger partial charge in [-0.2, -0.15) is 13.2 Å². The molecule has 9 heteroatoms. The molecule has 1 amide bonds. The Balaban J connectivity index is 0.00000331. The van der Waals surface area contributed by atoms with Crippen LogP contribution in [0.4, 0.5) is 24.5 Å². The molecular formula is C36H46F3N3O2Ru. The Hall–Kier alpha value is -3.50. The Kier molecular flexibility index (Phi) is 14.7. The first-order chi connectivity index (χ1) is 20.5. The standard InChI is InChI=1S/C34H44F3N3O2.C2H2.Ru/c1-20(2)42-28(10)29(19-27(9)38-33(41)34(35,36)37)11-12-30-39(31-23(5)15-21(3)16-24(31)6)13-14-40(30)32-25(7)17-22(4)18-26(32)8;1-2;/h11-12,15-20,30H,13-14H2,1-10H3,(H,38,41);1-2H;/b12-11+,27-19+,29-28+;;. The zero-order chi connectivity index (χ0) is 33.5. The van der Waals surface area contributed by atoms with Crippen LogP contribution in [0.5, 0.6) is 0 Å². The van der Waals surface area contributed by atoms with Gasteiger partial charge in [0, 0.05) is 55.2 Å². The molecule has 1 aliphatic rings. The third-order valence-corrected chi connectivity index (χ3v) is 7.27. The van der Waals surface area contributed by atoms with Crippen molar-refractivity contribution in [1.82, 2.24) is 5.32 Å². The fourth-order valence-corrected chi connectivity index (χ4v) is 5.99. The minimum absolute atomic E-state index is 0. The molecule has 2 aromatic rings. The van der Waals surface area contributed by atoms with E-state index in [4.69, 9.17) is 4.74 Å². The number of alkyl halides is 3. The van der Waals surface area contributed by atoms with E-state index in [1.165, 1.54) is 57.8 Å². The van der Waals surface area contributed by atoms with Gasteiger partial charge in [0.15, 0.2) is 0 Å². The number of rotatable bonds is 8. The molecule has 0 aromatic heterocycles. The molecule has 1 heterocycles. The maximum absolute atomic E-state index is 12.9. The third kappa shape index (κ3) is 10.3. The number of aryl methyl sites for hydroxylation is 6. The van der Waals surface area contributed by atoms with Crippen molar-refractivity contribution in [2.24, 2.45) is 0 Å². The fourth-order valence-electron chi connectivity index (χ4n) is 5.99. The fraction of sp³-hybridized carbons (Fsp3) is 0.417. The quantitative estimate of drug-likeness (QED) is 0.130. The number of hydrogen-bond donors (Lipinski definition) is 1. The van der Waals surface area contributed by atoms with Gasteiger partial charge in [0.1, 0.15) is 11.9 Å². The van der Waals surface area contributed by atoms with E-state index in [2.05, 4.69) is 94.5 Å². The van der Waals surface area contributed by atoms with Crippen LogP contribution in [0.25, 0.3) is 0 Å². The smallest absolute Gasteiger partial charge is 0.471 e. The summed E-state index contributed by atoms with van der Waals surface area (Å²) in [7, 11) is 0. The molecule has 3 rings (SSSR count). The molecule has 45 heavy (non-hydrogen) atoms. The van der Waals surface area contributed by atoms with Crippen molar-refractivity contribution >= 4 is 17.3 Å². The molecule has 2 aromatic carbocycles. The Bertz CT molecular complexity index is 1360. The molecular weight excluding hydrogens is 664 g/mol. The molecule has 1 N–H and O–H groups in total. The summed E-state index contributed by atoms with van der Waals surface area (Å²) in [6.45, 7) is 21.3. The molecule has 1 aliphatic heterocycles. The van der Waals surface area contributed by atoms with Gasteiger partial charge in [-0.15, -0.1) is 12.8 Å². The van der Waals surface area contributed by atoms with Crippen molar-refractivity contribution in [3.05, 3.63) is 92.9 Å².